The second-order valence-corrected chi connectivity index (χ2v) is 4.99. The first-order valence-corrected chi connectivity index (χ1v) is 7.21. The Balaban J connectivity index is 1.67. The van der Waals surface area contributed by atoms with Crippen molar-refractivity contribution in [2.24, 2.45) is 0 Å². The van der Waals surface area contributed by atoms with Crippen LogP contribution in [-0.2, 0) is 12.6 Å². The lowest BCUT2D eigenvalue weighted by Gasteiger charge is -2.11. The van der Waals surface area contributed by atoms with Crippen molar-refractivity contribution in [2.45, 2.75) is 12.6 Å². The molecule has 0 saturated carbocycles. The number of benzene rings is 2. The van der Waals surface area contributed by atoms with E-state index >= 15 is 0 Å². The lowest BCUT2D eigenvalue weighted by Crippen LogP contribution is -2.24. The average molecular weight is 308 g/mol. The van der Waals surface area contributed by atoms with Crippen molar-refractivity contribution in [1.82, 2.24) is 5.32 Å². The maximum absolute atomic E-state index is 12.6. The van der Waals surface area contributed by atoms with Crippen molar-refractivity contribution in [3.05, 3.63) is 65.7 Å². The molecule has 0 radical (unpaired) electrons. The Kier molecular flexibility index (Phi) is 5.83. The van der Waals surface area contributed by atoms with E-state index in [0.29, 0.717) is 18.8 Å². The molecule has 5 heteroatoms. The molecule has 0 saturated heterocycles. The molecule has 0 spiro atoms. The SMILES string of the molecule is FC(F)(F)c1cccc(NCCNCCc2ccccc2)c1. The van der Waals surface area contributed by atoms with Gasteiger partial charge in [-0.3, -0.25) is 0 Å². The van der Waals surface area contributed by atoms with Crippen LogP contribution in [0.1, 0.15) is 11.1 Å². The van der Waals surface area contributed by atoms with E-state index in [1.807, 2.05) is 18.2 Å². The topological polar surface area (TPSA) is 24.1 Å². The van der Waals surface area contributed by atoms with Crippen LogP contribution in [0.5, 0.6) is 0 Å². The van der Waals surface area contributed by atoms with E-state index in [1.54, 1.807) is 6.07 Å². The minimum absolute atomic E-state index is 0.486. The van der Waals surface area contributed by atoms with E-state index < -0.39 is 11.7 Å². The fourth-order valence-corrected chi connectivity index (χ4v) is 2.10. The molecule has 2 aromatic carbocycles. The number of hydrogen-bond acceptors (Lipinski definition) is 2. The Labute approximate surface area is 128 Å². The Morgan fingerprint density at radius 3 is 2.32 bits per heavy atom. The van der Waals surface area contributed by atoms with Gasteiger partial charge in [0.15, 0.2) is 0 Å². The molecule has 0 amide bonds. The highest BCUT2D eigenvalue weighted by Crippen LogP contribution is 2.30. The molecule has 2 nitrogen and oxygen atoms in total. The third-order valence-electron chi connectivity index (χ3n) is 3.25. The van der Waals surface area contributed by atoms with Crippen LogP contribution in [0, 0.1) is 0 Å². The summed E-state index contributed by atoms with van der Waals surface area (Å²) in [6.45, 7) is 2.12. The molecule has 0 aliphatic heterocycles. The molecule has 2 N–H and O–H groups in total. The van der Waals surface area contributed by atoms with Gasteiger partial charge in [-0.15, -0.1) is 0 Å². The van der Waals surface area contributed by atoms with Gasteiger partial charge in [-0.05, 0) is 36.7 Å². The van der Waals surface area contributed by atoms with Gasteiger partial charge in [0.25, 0.3) is 0 Å². The molecule has 22 heavy (non-hydrogen) atoms. The van der Waals surface area contributed by atoms with Gasteiger partial charge in [-0.2, -0.15) is 13.2 Å². The Morgan fingerprint density at radius 2 is 1.59 bits per heavy atom. The first-order chi connectivity index (χ1) is 10.6. The van der Waals surface area contributed by atoms with Crippen molar-refractivity contribution < 1.29 is 13.2 Å². The van der Waals surface area contributed by atoms with Crippen LogP contribution in [-0.4, -0.2) is 19.6 Å². The maximum atomic E-state index is 12.6. The van der Waals surface area contributed by atoms with Gasteiger partial charge in [-0.25, -0.2) is 0 Å². The van der Waals surface area contributed by atoms with Crippen LogP contribution < -0.4 is 10.6 Å². The van der Waals surface area contributed by atoms with Gasteiger partial charge in [0.2, 0.25) is 0 Å². The normalized spacial score (nSPS) is 11.4. The Bertz CT molecular complexity index is 568. The molecule has 0 fully saturated rings. The molecule has 2 aromatic rings. The van der Waals surface area contributed by atoms with Crippen molar-refractivity contribution in [2.75, 3.05) is 25.0 Å². The molecular formula is C17H19F3N2. The molecule has 0 aliphatic carbocycles. The predicted molar refractivity (Wildman–Crippen MR) is 82.9 cm³/mol. The summed E-state index contributed by atoms with van der Waals surface area (Å²) in [7, 11) is 0. The molecule has 0 aromatic heterocycles. The quantitative estimate of drug-likeness (QED) is 0.757. The number of anilines is 1. The van der Waals surface area contributed by atoms with Gasteiger partial charge in [0, 0.05) is 18.8 Å². The zero-order valence-electron chi connectivity index (χ0n) is 12.2. The summed E-state index contributed by atoms with van der Waals surface area (Å²) in [5, 5.41) is 6.26. The Hall–Kier alpha value is -2.01. The molecule has 2 rings (SSSR count). The first-order valence-electron chi connectivity index (χ1n) is 7.21. The van der Waals surface area contributed by atoms with E-state index in [9.17, 15) is 13.2 Å². The zero-order valence-corrected chi connectivity index (χ0v) is 12.2. The van der Waals surface area contributed by atoms with E-state index in [1.165, 1.54) is 11.6 Å². The van der Waals surface area contributed by atoms with E-state index in [-0.39, 0.29) is 0 Å². The number of halogens is 3. The second-order valence-electron chi connectivity index (χ2n) is 4.99. The standard InChI is InChI=1S/C17H19F3N2/c18-17(19,20)15-7-4-8-16(13-15)22-12-11-21-10-9-14-5-2-1-3-6-14/h1-8,13,21-22H,9-12H2. The third kappa shape index (κ3) is 5.41. The van der Waals surface area contributed by atoms with Gasteiger partial charge in [0.05, 0.1) is 5.56 Å². The van der Waals surface area contributed by atoms with Crippen LogP contribution >= 0.6 is 0 Å². The zero-order chi connectivity index (χ0) is 15.8. The number of nitrogens with one attached hydrogen (secondary N) is 2. The highest BCUT2D eigenvalue weighted by molar-refractivity contribution is 5.46. The summed E-state index contributed by atoms with van der Waals surface area (Å²) < 4.78 is 37.7. The highest BCUT2D eigenvalue weighted by Gasteiger charge is 2.30. The van der Waals surface area contributed by atoms with Crippen LogP contribution in [0.2, 0.25) is 0 Å². The number of hydrogen-bond donors (Lipinski definition) is 2. The largest absolute Gasteiger partial charge is 0.416 e. The fraction of sp³-hybridized carbons (Fsp3) is 0.294. The van der Waals surface area contributed by atoms with Crippen LogP contribution in [0.4, 0.5) is 18.9 Å². The molecule has 0 heterocycles. The predicted octanol–water partition coefficient (Wildman–Crippen LogP) is 3.95. The van der Waals surface area contributed by atoms with Crippen molar-refractivity contribution in [3.63, 3.8) is 0 Å². The van der Waals surface area contributed by atoms with Crippen LogP contribution in [0.15, 0.2) is 54.6 Å². The van der Waals surface area contributed by atoms with Crippen molar-refractivity contribution in [3.8, 4) is 0 Å². The number of rotatable bonds is 7. The monoisotopic (exact) mass is 308 g/mol. The van der Waals surface area contributed by atoms with Gasteiger partial charge in [-0.1, -0.05) is 36.4 Å². The summed E-state index contributed by atoms with van der Waals surface area (Å²) in [6, 6.07) is 15.4. The van der Waals surface area contributed by atoms with Crippen LogP contribution in [0.25, 0.3) is 0 Å². The summed E-state index contributed by atoms with van der Waals surface area (Å²) in [5.74, 6) is 0. The molecule has 0 unspecified atom stereocenters. The molecular weight excluding hydrogens is 289 g/mol. The smallest absolute Gasteiger partial charge is 0.384 e. The summed E-state index contributed by atoms with van der Waals surface area (Å²) in [6.07, 6.45) is -3.37. The van der Waals surface area contributed by atoms with E-state index in [2.05, 4.69) is 22.8 Å². The third-order valence-corrected chi connectivity index (χ3v) is 3.25. The Morgan fingerprint density at radius 1 is 0.818 bits per heavy atom. The molecule has 0 atom stereocenters. The van der Waals surface area contributed by atoms with Crippen LogP contribution in [0.3, 0.4) is 0 Å². The summed E-state index contributed by atoms with van der Waals surface area (Å²) in [5.41, 5.74) is 1.12. The van der Waals surface area contributed by atoms with Gasteiger partial charge in [0.1, 0.15) is 0 Å². The maximum Gasteiger partial charge on any atom is 0.416 e. The van der Waals surface area contributed by atoms with E-state index in [4.69, 9.17) is 0 Å². The first kappa shape index (κ1) is 16.4. The highest BCUT2D eigenvalue weighted by atomic mass is 19.4. The van der Waals surface area contributed by atoms with Gasteiger partial charge < -0.3 is 10.6 Å². The molecule has 0 bridgehead atoms. The second kappa shape index (κ2) is 7.84. The number of alkyl halides is 3. The molecule has 0 aliphatic rings. The minimum atomic E-state index is -4.30. The van der Waals surface area contributed by atoms with Crippen molar-refractivity contribution in [1.29, 1.82) is 0 Å². The minimum Gasteiger partial charge on any atom is -0.384 e. The molecule has 118 valence electrons. The summed E-state index contributed by atoms with van der Waals surface area (Å²) in [4.78, 5) is 0. The van der Waals surface area contributed by atoms with E-state index in [0.717, 1.165) is 25.1 Å². The summed E-state index contributed by atoms with van der Waals surface area (Å²) >= 11 is 0. The lowest BCUT2D eigenvalue weighted by atomic mass is 10.1. The lowest BCUT2D eigenvalue weighted by molar-refractivity contribution is -0.137. The fourth-order valence-electron chi connectivity index (χ4n) is 2.10. The van der Waals surface area contributed by atoms with Crippen molar-refractivity contribution >= 4 is 5.69 Å². The average Bonchev–Trinajstić information content (AvgIpc) is 2.51. The van der Waals surface area contributed by atoms with Gasteiger partial charge >= 0.3 is 6.18 Å².